The predicted molar refractivity (Wildman–Crippen MR) is 124 cm³/mol. The second kappa shape index (κ2) is 9.17. The normalized spacial score (nSPS) is 13.0. The second-order valence-electron chi connectivity index (χ2n) is 7.39. The van der Waals surface area contributed by atoms with Crippen molar-refractivity contribution >= 4 is 45.5 Å². The van der Waals surface area contributed by atoms with Gasteiger partial charge in [0.1, 0.15) is 5.00 Å². The van der Waals surface area contributed by atoms with Gasteiger partial charge in [-0.25, -0.2) is 4.99 Å². The van der Waals surface area contributed by atoms with Gasteiger partial charge in [0.25, 0.3) is 11.7 Å². The SMILES string of the molecule is O=C(Nc1ccccc1)c1c(N=Cc2cc([N+](=O)[O-])c(O)c([N+](=O)[O-])c2)sc2c1CCCC2. The summed E-state index contributed by atoms with van der Waals surface area (Å²) in [4.78, 5) is 39.2. The van der Waals surface area contributed by atoms with Gasteiger partial charge in [-0.05, 0) is 43.4 Å². The highest BCUT2D eigenvalue weighted by Gasteiger charge is 2.27. The van der Waals surface area contributed by atoms with Gasteiger partial charge in [0.15, 0.2) is 0 Å². The minimum absolute atomic E-state index is 0.0620. The fourth-order valence-electron chi connectivity index (χ4n) is 3.70. The highest BCUT2D eigenvalue weighted by Crippen LogP contribution is 2.41. The minimum Gasteiger partial charge on any atom is -0.497 e. The third-order valence-corrected chi connectivity index (χ3v) is 6.43. The van der Waals surface area contributed by atoms with Crippen LogP contribution in [0.1, 0.15) is 39.2 Å². The van der Waals surface area contributed by atoms with Gasteiger partial charge < -0.3 is 10.4 Å². The number of aromatic hydroxyl groups is 1. The van der Waals surface area contributed by atoms with Crippen molar-refractivity contribution in [3.63, 3.8) is 0 Å². The third kappa shape index (κ3) is 4.58. The molecule has 33 heavy (non-hydrogen) atoms. The molecule has 1 aromatic heterocycles. The second-order valence-corrected chi connectivity index (χ2v) is 8.48. The molecule has 0 radical (unpaired) electrons. The Morgan fingerprint density at radius 1 is 1.06 bits per heavy atom. The standard InChI is InChI=1S/C22H18N4O6S/c27-20-16(25(29)30)10-13(11-17(20)26(31)32)12-23-22-19(15-8-4-5-9-18(15)33-22)21(28)24-14-6-2-1-3-7-14/h1-3,6-7,10-12,27H,4-5,8-9H2,(H,24,28). The maximum Gasteiger partial charge on any atom is 0.318 e. The van der Waals surface area contributed by atoms with Crippen LogP contribution in [-0.2, 0) is 12.8 Å². The molecule has 11 heteroatoms. The predicted octanol–water partition coefficient (Wildman–Crippen LogP) is 5.15. The molecule has 0 atom stereocenters. The van der Waals surface area contributed by atoms with Crippen molar-refractivity contribution in [2.75, 3.05) is 5.32 Å². The van der Waals surface area contributed by atoms with Crippen LogP contribution in [0.25, 0.3) is 0 Å². The molecule has 1 aliphatic carbocycles. The first kappa shape index (κ1) is 22.1. The summed E-state index contributed by atoms with van der Waals surface area (Å²) in [5, 5.41) is 35.5. The van der Waals surface area contributed by atoms with E-state index in [1.807, 2.05) is 18.2 Å². The highest BCUT2D eigenvalue weighted by molar-refractivity contribution is 7.16. The number of hydrogen-bond donors (Lipinski definition) is 2. The Kier molecular flexibility index (Phi) is 6.13. The van der Waals surface area contributed by atoms with E-state index in [1.165, 1.54) is 17.6 Å². The van der Waals surface area contributed by atoms with Crippen molar-refractivity contribution in [2.45, 2.75) is 25.7 Å². The molecule has 0 saturated heterocycles. The summed E-state index contributed by atoms with van der Waals surface area (Å²) in [6, 6.07) is 11.0. The van der Waals surface area contributed by atoms with E-state index >= 15 is 0 Å². The Bertz CT molecular complexity index is 1250. The number of amides is 1. The topological polar surface area (TPSA) is 148 Å². The van der Waals surface area contributed by atoms with Crippen molar-refractivity contribution in [3.05, 3.63) is 84.3 Å². The smallest absolute Gasteiger partial charge is 0.318 e. The van der Waals surface area contributed by atoms with Gasteiger partial charge in [-0.3, -0.25) is 25.0 Å². The number of carbonyl (C=O) groups excluding carboxylic acids is 1. The van der Waals surface area contributed by atoms with Gasteiger partial charge in [0, 0.05) is 34.5 Å². The van der Waals surface area contributed by atoms with Gasteiger partial charge in [-0.15, -0.1) is 11.3 Å². The summed E-state index contributed by atoms with van der Waals surface area (Å²) in [6.07, 6.45) is 4.77. The summed E-state index contributed by atoms with van der Waals surface area (Å²) >= 11 is 1.37. The van der Waals surface area contributed by atoms with E-state index in [4.69, 9.17) is 0 Å². The third-order valence-electron chi connectivity index (χ3n) is 5.23. The zero-order chi connectivity index (χ0) is 23.5. The largest absolute Gasteiger partial charge is 0.497 e. The van der Waals surface area contributed by atoms with Crippen molar-refractivity contribution < 1.29 is 19.7 Å². The Morgan fingerprint density at radius 2 is 1.70 bits per heavy atom. The molecule has 2 N–H and O–H groups in total. The first-order valence-electron chi connectivity index (χ1n) is 10.1. The van der Waals surface area contributed by atoms with Crippen LogP contribution in [0, 0.1) is 20.2 Å². The number of hydrogen-bond acceptors (Lipinski definition) is 8. The molecule has 1 heterocycles. The van der Waals surface area contributed by atoms with Crippen molar-refractivity contribution in [1.82, 2.24) is 0 Å². The Balaban J connectivity index is 1.74. The number of nitro benzene ring substituents is 2. The molecular formula is C22H18N4O6S. The number of carbonyl (C=O) groups is 1. The average molecular weight is 466 g/mol. The molecule has 0 fully saturated rings. The molecule has 1 amide bonds. The van der Waals surface area contributed by atoms with E-state index in [2.05, 4.69) is 10.3 Å². The lowest BCUT2D eigenvalue weighted by Gasteiger charge is -2.12. The fraction of sp³-hybridized carbons (Fsp3) is 0.182. The number of nitrogens with zero attached hydrogens (tertiary/aromatic N) is 3. The fourth-order valence-corrected chi connectivity index (χ4v) is 4.93. The van der Waals surface area contributed by atoms with Gasteiger partial charge in [-0.1, -0.05) is 18.2 Å². The van der Waals surface area contributed by atoms with Crippen molar-refractivity contribution in [3.8, 4) is 5.75 Å². The maximum absolute atomic E-state index is 13.1. The molecule has 0 unspecified atom stereocenters. The number of rotatable bonds is 6. The maximum atomic E-state index is 13.1. The molecule has 0 saturated carbocycles. The zero-order valence-electron chi connectivity index (χ0n) is 17.2. The van der Waals surface area contributed by atoms with Crippen LogP contribution in [0.3, 0.4) is 0 Å². The van der Waals surface area contributed by atoms with Crippen molar-refractivity contribution in [1.29, 1.82) is 0 Å². The molecule has 10 nitrogen and oxygen atoms in total. The number of thiophene rings is 1. The van der Waals surface area contributed by atoms with Gasteiger partial charge in [0.05, 0.1) is 15.4 Å². The van der Waals surface area contributed by atoms with Crippen LogP contribution in [0.2, 0.25) is 0 Å². The summed E-state index contributed by atoms with van der Waals surface area (Å²) in [5.41, 5.74) is 0.494. The van der Waals surface area contributed by atoms with Gasteiger partial charge >= 0.3 is 11.4 Å². The lowest BCUT2D eigenvalue weighted by molar-refractivity contribution is -0.396. The van der Waals surface area contributed by atoms with E-state index in [0.29, 0.717) is 16.3 Å². The van der Waals surface area contributed by atoms with E-state index in [0.717, 1.165) is 48.3 Å². The molecule has 4 rings (SSSR count). The van der Waals surface area contributed by atoms with Gasteiger partial charge in [0.2, 0.25) is 0 Å². The number of nitro groups is 2. The van der Waals surface area contributed by atoms with Gasteiger partial charge in [-0.2, -0.15) is 0 Å². The number of fused-ring (bicyclic) bond motifs is 1. The molecule has 0 spiro atoms. The molecule has 168 valence electrons. The Morgan fingerprint density at radius 3 is 2.33 bits per heavy atom. The van der Waals surface area contributed by atoms with Crippen LogP contribution in [0.15, 0.2) is 47.5 Å². The first-order valence-corrected chi connectivity index (χ1v) is 10.9. The number of nitrogens with one attached hydrogen (secondary N) is 1. The number of aliphatic imine (C=N–C) groups is 1. The number of para-hydroxylation sites is 1. The van der Waals surface area contributed by atoms with Crippen LogP contribution in [0.4, 0.5) is 22.1 Å². The Labute approximate surface area is 191 Å². The van der Waals surface area contributed by atoms with E-state index in [-0.39, 0.29) is 11.5 Å². The van der Waals surface area contributed by atoms with E-state index < -0.39 is 27.0 Å². The zero-order valence-corrected chi connectivity index (χ0v) is 18.0. The molecule has 3 aromatic rings. The first-order chi connectivity index (χ1) is 15.8. The molecule has 0 bridgehead atoms. The lowest BCUT2D eigenvalue weighted by Crippen LogP contribution is -2.14. The molecule has 0 aliphatic heterocycles. The average Bonchev–Trinajstić information content (AvgIpc) is 3.17. The van der Waals surface area contributed by atoms with Crippen LogP contribution < -0.4 is 5.32 Å². The Hall–Kier alpha value is -4.12. The summed E-state index contributed by atoms with van der Waals surface area (Å²) in [5.74, 6) is -1.33. The number of benzene rings is 2. The number of phenolic OH excluding ortho intramolecular Hbond substituents is 1. The molecule has 2 aromatic carbocycles. The molecule has 1 aliphatic rings. The quantitative estimate of drug-likeness (QED) is 0.291. The van der Waals surface area contributed by atoms with E-state index in [1.54, 1.807) is 12.1 Å². The monoisotopic (exact) mass is 466 g/mol. The molecular weight excluding hydrogens is 448 g/mol. The summed E-state index contributed by atoms with van der Waals surface area (Å²) < 4.78 is 0. The minimum atomic E-state index is -1.02. The van der Waals surface area contributed by atoms with Crippen LogP contribution in [-0.4, -0.2) is 27.1 Å². The number of anilines is 1. The lowest BCUT2D eigenvalue weighted by atomic mass is 9.95. The summed E-state index contributed by atoms with van der Waals surface area (Å²) in [6.45, 7) is 0. The van der Waals surface area contributed by atoms with Crippen molar-refractivity contribution in [2.24, 2.45) is 4.99 Å². The van der Waals surface area contributed by atoms with E-state index in [9.17, 15) is 30.1 Å². The number of aryl methyl sites for hydroxylation is 1. The number of phenols is 1. The highest BCUT2D eigenvalue weighted by atomic mass is 32.1. The van der Waals surface area contributed by atoms with Crippen LogP contribution in [0.5, 0.6) is 5.75 Å². The van der Waals surface area contributed by atoms with Crippen LogP contribution >= 0.6 is 11.3 Å². The summed E-state index contributed by atoms with van der Waals surface area (Å²) in [7, 11) is 0.